The number of aliphatic hydroxyl groups excluding tert-OH is 1. The summed E-state index contributed by atoms with van der Waals surface area (Å²) >= 11 is 0. The Labute approximate surface area is 217 Å². The third-order valence-corrected chi connectivity index (χ3v) is 12.0. The SMILES string of the molecule is CC12CC3OC(=O)[C@@H]1CO[C@@]14O[C@]5(C3OC(=O)[C@@]5(O)CCC3C1[C@H](O)C[C@@]1(O)CC=CC(=O)[C@]31C)C2C4=O. The molecule has 38 heavy (non-hydrogen) atoms. The quantitative estimate of drug-likeness (QED) is 0.340. The molecule has 5 bridgehead atoms. The molecule has 5 aliphatic heterocycles. The molecule has 0 radical (unpaired) electrons. The molecule has 13 atom stereocenters. The van der Waals surface area contributed by atoms with Crippen LogP contribution in [-0.4, -0.2) is 86.3 Å². The van der Waals surface area contributed by atoms with Crippen LogP contribution in [0.25, 0.3) is 0 Å². The Balaban J connectivity index is 1.42. The summed E-state index contributed by atoms with van der Waals surface area (Å²) in [5, 5.41) is 35.6. The third-order valence-electron chi connectivity index (χ3n) is 12.0. The fourth-order valence-electron chi connectivity index (χ4n) is 10.2. The number of aliphatic hydroxyl groups is 3. The fourth-order valence-corrected chi connectivity index (χ4v) is 10.2. The number of hydrogen-bond acceptors (Lipinski definition) is 11. The average Bonchev–Trinajstić information content (AvgIpc) is 3.18. The predicted octanol–water partition coefficient (Wildman–Crippen LogP) is -0.667. The fraction of sp³-hybridized carbons (Fsp3) is 0.778. The number of hydrogen-bond donors (Lipinski definition) is 3. The van der Waals surface area contributed by atoms with Crippen molar-refractivity contribution in [3.05, 3.63) is 12.2 Å². The molecule has 6 unspecified atom stereocenters. The molecule has 3 aliphatic carbocycles. The molecule has 2 saturated carbocycles. The van der Waals surface area contributed by atoms with Gasteiger partial charge in [-0.1, -0.05) is 13.0 Å². The summed E-state index contributed by atoms with van der Waals surface area (Å²) in [6.07, 6.45) is -0.585. The average molecular weight is 531 g/mol. The number of allylic oxidation sites excluding steroid dienone is 1. The second kappa shape index (κ2) is 6.41. The second-order valence-electron chi connectivity index (χ2n) is 13.2. The molecule has 0 amide bonds. The van der Waals surface area contributed by atoms with E-state index in [4.69, 9.17) is 18.9 Å². The van der Waals surface area contributed by atoms with Gasteiger partial charge in [0.25, 0.3) is 0 Å². The largest absolute Gasteiger partial charge is 0.458 e. The number of ether oxygens (including phenoxy) is 4. The van der Waals surface area contributed by atoms with Crippen LogP contribution in [-0.2, 0) is 38.1 Å². The highest BCUT2D eigenvalue weighted by Gasteiger charge is 2.90. The molecule has 8 aliphatic rings. The minimum atomic E-state index is -2.30. The van der Waals surface area contributed by atoms with Crippen LogP contribution >= 0.6 is 0 Å². The van der Waals surface area contributed by atoms with Crippen molar-refractivity contribution in [3.63, 3.8) is 0 Å². The van der Waals surface area contributed by atoms with E-state index >= 15 is 0 Å². The first-order valence-electron chi connectivity index (χ1n) is 13.4. The van der Waals surface area contributed by atoms with Crippen molar-refractivity contribution >= 4 is 23.5 Å². The van der Waals surface area contributed by atoms with Gasteiger partial charge in [0.1, 0.15) is 6.10 Å². The van der Waals surface area contributed by atoms with Gasteiger partial charge < -0.3 is 34.3 Å². The molecule has 5 heterocycles. The van der Waals surface area contributed by atoms with Crippen LogP contribution in [0.1, 0.15) is 46.0 Å². The van der Waals surface area contributed by atoms with Crippen molar-refractivity contribution in [2.75, 3.05) is 6.61 Å². The number of carbonyl (C=O) groups excluding carboxylic acids is 4. The van der Waals surface area contributed by atoms with Crippen molar-refractivity contribution in [2.45, 2.75) is 86.9 Å². The molecule has 0 aromatic carbocycles. The maximum atomic E-state index is 14.8. The summed E-state index contributed by atoms with van der Waals surface area (Å²) in [4.78, 5) is 55.0. The van der Waals surface area contributed by atoms with Crippen LogP contribution < -0.4 is 0 Å². The van der Waals surface area contributed by atoms with E-state index in [-0.39, 0.29) is 44.5 Å². The monoisotopic (exact) mass is 530 g/mol. The van der Waals surface area contributed by atoms with Crippen molar-refractivity contribution < 1.29 is 53.4 Å². The first-order valence-corrected chi connectivity index (χ1v) is 13.4. The lowest BCUT2D eigenvalue weighted by Crippen LogP contribution is -2.76. The topological polar surface area (TPSA) is 166 Å². The number of Topliss-reactive ketones (excluding diaryl/α,β-unsaturated/α-hetero) is 1. The Kier molecular flexibility index (Phi) is 4.00. The highest BCUT2D eigenvalue weighted by molar-refractivity contribution is 6.00. The molecular weight excluding hydrogens is 500 g/mol. The number of ketones is 2. The van der Waals surface area contributed by atoms with Gasteiger partial charge in [-0.15, -0.1) is 0 Å². The minimum absolute atomic E-state index is 0.0131. The molecule has 8 rings (SSSR count). The van der Waals surface area contributed by atoms with Gasteiger partial charge in [0.05, 0.1) is 41.5 Å². The van der Waals surface area contributed by atoms with E-state index < -0.39 is 93.1 Å². The summed E-state index contributed by atoms with van der Waals surface area (Å²) in [7, 11) is 0. The van der Waals surface area contributed by atoms with Gasteiger partial charge >= 0.3 is 11.9 Å². The molecule has 11 nitrogen and oxygen atoms in total. The van der Waals surface area contributed by atoms with Crippen molar-refractivity contribution in [1.82, 2.24) is 0 Å². The molecule has 2 spiro atoms. The van der Waals surface area contributed by atoms with Gasteiger partial charge in [0.15, 0.2) is 28.9 Å². The summed E-state index contributed by atoms with van der Waals surface area (Å²) in [5.74, 6) is -8.70. The van der Waals surface area contributed by atoms with E-state index in [1.807, 2.05) is 0 Å². The van der Waals surface area contributed by atoms with Gasteiger partial charge in [-0.2, -0.15) is 0 Å². The Morgan fingerprint density at radius 2 is 1.82 bits per heavy atom. The zero-order valence-corrected chi connectivity index (χ0v) is 21.0. The third kappa shape index (κ3) is 2.07. The normalized spacial score (nSPS) is 61.3. The first-order chi connectivity index (χ1) is 17.8. The van der Waals surface area contributed by atoms with Crippen LogP contribution in [0.2, 0.25) is 0 Å². The Morgan fingerprint density at radius 1 is 1.05 bits per heavy atom. The van der Waals surface area contributed by atoms with E-state index in [9.17, 15) is 34.5 Å². The van der Waals surface area contributed by atoms with E-state index in [0.717, 1.165) is 0 Å². The van der Waals surface area contributed by atoms with Gasteiger partial charge in [0, 0.05) is 6.42 Å². The van der Waals surface area contributed by atoms with Crippen LogP contribution in [0.15, 0.2) is 12.2 Å². The van der Waals surface area contributed by atoms with Gasteiger partial charge in [-0.05, 0) is 50.0 Å². The summed E-state index contributed by atoms with van der Waals surface area (Å²) in [6.45, 7) is 3.15. The summed E-state index contributed by atoms with van der Waals surface area (Å²) < 4.78 is 24.4. The number of rotatable bonds is 0. The molecule has 7 fully saturated rings. The summed E-state index contributed by atoms with van der Waals surface area (Å²) in [6, 6.07) is 0. The van der Waals surface area contributed by atoms with Gasteiger partial charge in [-0.25, -0.2) is 4.79 Å². The van der Waals surface area contributed by atoms with E-state index in [1.165, 1.54) is 6.08 Å². The number of esters is 2. The van der Waals surface area contributed by atoms with Gasteiger partial charge in [0.2, 0.25) is 5.79 Å². The first kappa shape index (κ1) is 23.7. The van der Waals surface area contributed by atoms with Crippen LogP contribution in [0, 0.1) is 34.5 Å². The second-order valence-corrected chi connectivity index (χ2v) is 13.2. The molecule has 11 heteroatoms. The number of carbonyl (C=O) groups is 4. The molecule has 5 saturated heterocycles. The Morgan fingerprint density at radius 3 is 2.58 bits per heavy atom. The van der Waals surface area contributed by atoms with Crippen LogP contribution in [0.3, 0.4) is 0 Å². The maximum Gasteiger partial charge on any atom is 0.341 e. The van der Waals surface area contributed by atoms with Crippen molar-refractivity contribution in [2.24, 2.45) is 34.5 Å². The Bertz CT molecular complexity index is 1280. The lowest BCUT2D eigenvalue weighted by atomic mass is 9.47. The van der Waals surface area contributed by atoms with Crippen LogP contribution in [0.4, 0.5) is 0 Å². The van der Waals surface area contributed by atoms with Crippen molar-refractivity contribution in [1.29, 1.82) is 0 Å². The van der Waals surface area contributed by atoms with Crippen LogP contribution in [0.5, 0.6) is 0 Å². The standard InChI is InChI=1S/C27H30O11/c1-22-9-14-19-26-17(22)18(30)27(38-26,35-10-12(22)20(31)36-14)16-11(5-7-25(26,34)21(32)37-19)23(2)15(29)4-3-6-24(23,33)8-13(16)28/h3-4,11-14,16-17,19,28,33-34H,5-10H2,1-2H3/t11?,12-,13+,14?,16?,17?,19?,22?,23-,24-,25-,26-,27+/m0/s1. The molecule has 3 N–H and O–H groups in total. The lowest BCUT2D eigenvalue weighted by molar-refractivity contribution is -0.370. The van der Waals surface area contributed by atoms with Crippen molar-refractivity contribution in [3.8, 4) is 0 Å². The highest BCUT2D eigenvalue weighted by Crippen LogP contribution is 2.73. The molecule has 0 aromatic heterocycles. The molecule has 204 valence electrons. The zero-order chi connectivity index (χ0) is 26.8. The van der Waals surface area contributed by atoms with E-state index in [1.54, 1.807) is 19.9 Å². The predicted molar refractivity (Wildman–Crippen MR) is 121 cm³/mol. The zero-order valence-electron chi connectivity index (χ0n) is 21.0. The number of fused-ring (bicyclic) bond motifs is 5. The maximum absolute atomic E-state index is 14.8. The molecular formula is C27H30O11. The Hall–Kier alpha value is -2.18. The molecule has 0 aromatic rings. The summed E-state index contributed by atoms with van der Waals surface area (Å²) in [5.41, 5.74) is -8.35. The van der Waals surface area contributed by atoms with E-state index in [2.05, 4.69) is 0 Å². The van der Waals surface area contributed by atoms with E-state index in [0.29, 0.717) is 0 Å². The minimum Gasteiger partial charge on any atom is -0.458 e. The van der Waals surface area contributed by atoms with Gasteiger partial charge in [-0.3, -0.25) is 14.4 Å². The smallest absolute Gasteiger partial charge is 0.341 e. The highest BCUT2D eigenvalue weighted by atomic mass is 16.7. The lowest BCUT2D eigenvalue weighted by Gasteiger charge is -2.62.